The Morgan fingerprint density at radius 1 is 1.00 bits per heavy atom. The van der Waals surface area contributed by atoms with Gasteiger partial charge in [-0.05, 0) is 50.1 Å². The lowest BCUT2D eigenvalue weighted by Gasteiger charge is -2.21. The van der Waals surface area contributed by atoms with Crippen LogP contribution in [0.5, 0.6) is 5.75 Å². The third kappa shape index (κ3) is 3.53. The van der Waals surface area contributed by atoms with Crippen molar-refractivity contribution in [1.82, 2.24) is 5.32 Å². The molecule has 106 valence electrons. The molecule has 2 atom stereocenters. The van der Waals surface area contributed by atoms with E-state index >= 15 is 0 Å². The summed E-state index contributed by atoms with van der Waals surface area (Å²) in [7, 11) is 0. The van der Waals surface area contributed by atoms with Crippen LogP contribution in [-0.2, 0) is 0 Å². The van der Waals surface area contributed by atoms with Crippen LogP contribution in [0.4, 0.5) is 0 Å². The van der Waals surface area contributed by atoms with Gasteiger partial charge in [0.2, 0.25) is 0 Å². The van der Waals surface area contributed by atoms with Gasteiger partial charge in [0, 0.05) is 22.7 Å². The number of hydrogen-bond acceptors (Lipinski definition) is 2. The van der Waals surface area contributed by atoms with Crippen molar-refractivity contribution in [3.05, 3.63) is 64.2 Å². The zero-order valence-electron chi connectivity index (χ0n) is 12.0. The summed E-state index contributed by atoms with van der Waals surface area (Å²) in [5.41, 5.74) is 3.15. The number of halogens is 1. The minimum absolute atomic E-state index is 0.0706. The van der Waals surface area contributed by atoms with Gasteiger partial charge in [-0.1, -0.05) is 35.9 Å². The maximum atomic E-state index is 10.0. The summed E-state index contributed by atoms with van der Waals surface area (Å²) in [6, 6.07) is 13.8. The molecule has 2 aromatic rings. The molecule has 0 spiro atoms. The quantitative estimate of drug-likeness (QED) is 0.850. The van der Waals surface area contributed by atoms with Gasteiger partial charge in [-0.3, -0.25) is 0 Å². The van der Waals surface area contributed by atoms with Crippen LogP contribution in [-0.4, -0.2) is 5.11 Å². The first-order chi connectivity index (χ1) is 9.47. The standard InChI is InChI=1S/C17H20ClNO/c1-11-4-9-16(17(20)10-11)13(3)19-12(2)14-5-7-15(18)8-6-14/h4-10,12-13,19-20H,1-3H3/t12-,13?/m1/s1. The van der Waals surface area contributed by atoms with E-state index in [1.807, 2.05) is 43.3 Å². The lowest BCUT2D eigenvalue weighted by atomic mass is 10.0. The van der Waals surface area contributed by atoms with Gasteiger partial charge >= 0.3 is 0 Å². The molecule has 0 saturated heterocycles. The molecule has 2 N–H and O–H groups in total. The second kappa shape index (κ2) is 6.29. The number of aromatic hydroxyl groups is 1. The third-order valence-electron chi connectivity index (χ3n) is 3.52. The Labute approximate surface area is 125 Å². The second-order valence-corrected chi connectivity index (χ2v) is 5.66. The molecule has 0 bridgehead atoms. The zero-order chi connectivity index (χ0) is 14.7. The fourth-order valence-corrected chi connectivity index (χ4v) is 2.46. The largest absolute Gasteiger partial charge is 0.508 e. The number of nitrogens with one attached hydrogen (secondary N) is 1. The summed E-state index contributed by atoms with van der Waals surface area (Å²) in [5.74, 6) is 0.341. The summed E-state index contributed by atoms with van der Waals surface area (Å²) in [6.45, 7) is 6.12. The first kappa shape index (κ1) is 14.9. The van der Waals surface area contributed by atoms with Crippen LogP contribution in [0.2, 0.25) is 5.02 Å². The molecule has 0 aliphatic carbocycles. The molecular weight excluding hydrogens is 270 g/mol. The van der Waals surface area contributed by atoms with E-state index in [0.29, 0.717) is 5.75 Å². The van der Waals surface area contributed by atoms with Crippen molar-refractivity contribution < 1.29 is 5.11 Å². The van der Waals surface area contributed by atoms with E-state index in [1.54, 1.807) is 6.07 Å². The van der Waals surface area contributed by atoms with Crippen molar-refractivity contribution in [2.45, 2.75) is 32.9 Å². The predicted molar refractivity (Wildman–Crippen MR) is 84.3 cm³/mol. The van der Waals surface area contributed by atoms with Gasteiger partial charge in [-0.2, -0.15) is 0 Å². The van der Waals surface area contributed by atoms with Crippen LogP contribution in [0.25, 0.3) is 0 Å². The van der Waals surface area contributed by atoms with Crippen molar-refractivity contribution >= 4 is 11.6 Å². The Morgan fingerprint density at radius 2 is 1.65 bits per heavy atom. The SMILES string of the molecule is Cc1ccc(C(C)N[C@H](C)c2ccc(Cl)cc2)c(O)c1. The minimum Gasteiger partial charge on any atom is -0.508 e. The van der Waals surface area contributed by atoms with Crippen LogP contribution in [0.1, 0.15) is 42.6 Å². The van der Waals surface area contributed by atoms with Crippen LogP contribution in [0.3, 0.4) is 0 Å². The molecule has 3 heteroatoms. The van der Waals surface area contributed by atoms with Crippen molar-refractivity contribution in [1.29, 1.82) is 0 Å². The van der Waals surface area contributed by atoms with Crippen LogP contribution in [0, 0.1) is 6.92 Å². The number of aryl methyl sites for hydroxylation is 1. The van der Waals surface area contributed by atoms with Crippen molar-refractivity contribution in [3.8, 4) is 5.75 Å². The topological polar surface area (TPSA) is 32.3 Å². The monoisotopic (exact) mass is 289 g/mol. The molecule has 0 aliphatic heterocycles. The molecular formula is C17H20ClNO. The molecule has 1 unspecified atom stereocenters. The number of hydrogen-bond donors (Lipinski definition) is 2. The molecule has 2 nitrogen and oxygen atoms in total. The molecule has 0 fully saturated rings. The Kier molecular flexibility index (Phi) is 4.69. The van der Waals surface area contributed by atoms with Crippen molar-refractivity contribution in [2.75, 3.05) is 0 Å². The normalized spacial score (nSPS) is 14.0. The smallest absolute Gasteiger partial charge is 0.120 e. The molecule has 0 aliphatic rings. The van der Waals surface area contributed by atoms with Crippen LogP contribution in [0.15, 0.2) is 42.5 Å². The van der Waals surface area contributed by atoms with Crippen LogP contribution < -0.4 is 5.32 Å². The third-order valence-corrected chi connectivity index (χ3v) is 3.77. The predicted octanol–water partition coefficient (Wildman–Crippen LogP) is 4.77. The maximum Gasteiger partial charge on any atom is 0.120 e. The fourth-order valence-electron chi connectivity index (χ4n) is 2.33. The second-order valence-electron chi connectivity index (χ2n) is 5.22. The molecule has 0 aromatic heterocycles. The Hall–Kier alpha value is -1.51. The average Bonchev–Trinajstić information content (AvgIpc) is 2.39. The summed E-state index contributed by atoms with van der Waals surface area (Å²) in [6.07, 6.45) is 0. The minimum atomic E-state index is 0.0706. The molecule has 20 heavy (non-hydrogen) atoms. The van der Waals surface area contributed by atoms with E-state index in [2.05, 4.69) is 19.2 Å². The van der Waals surface area contributed by atoms with E-state index in [4.69, 9.17) is 11.6 Å². The van der Waals surface area contributed by atoms with Gasteiger partial charge in [0.1, 0.15) is 5.75 Å². The summed E-state index contributed by atoms with van der Waals surface area (Å²) < 4.78 is 0. The van der Waals surface area contributed by atoms with Gasteiger partial charge in [0.25, 0.3) is 0 Å². The molecule has 2 aromatic carbocycles. The molecule has 0 radical (unpaired) electrons. The van der Waals surface area contributed by atoms with E-state index in [1.165, 1.54) is 5.56 Å². The number of rotatable bonds is 4. The van der Waals surface area contributed by atoms with Gasteiger partial charge in [-0.15, -0.1) is 0 Å². The lowest BCUT2D eigenvalue weighted by Crippen LogP contribution is -2.22. The first-order valence-electron chi connectivity index (χ1n) is 6.78. The van der Waals surface area contributed by atoms with Gasteiger partial charge in [0.15, 0.2) is 0 Å². The summed E-state index contributed by atoms with van der Waals surface area (Å²) >= 11 is 5.90. The molecule has 0 saturated carbocycles. The highest BCUT2D eigenvalue weighted by molar-refractivity contribution is 6.30. The van der Waals surface area contributed by atoms with E-state index in [0.717, 1.165) is 16.1 Å². The molecule has 2 rings (SSSR count). The first-order valence-corrected chi connectivity index (χ1v) is 7.16. The van der Waals surface area contributed by atoms with Gasteiger partial charge < -0.3 is 10.4 Å². The molecule has 0 amide bonds. The Morgan fingerprint density at radius 3 is 2.25 bits per heavy atom. The highest BCUT2D eigenvalue weighted by atomic mass is 35.5. The van der Waals surface area contributed by atoms with E-state index in [-0.39, 0.29) is 12.1 Å². The number of benzene rings is 2. The Bertz CT molecular complexity index is 580. The van der Waals surface area contributed by atoms with Crippen molar-refractivity contribution in [3.63, 3.8) is 0 Å². The highest BCUT2D eigenvalue weighted by Crippen LogP contribution is 2.27. The molecule has 0 heterocycles. The van der Waals surface area contributed by atoms with E-state index < -0.39 is 0 Å². The van der Waals surface area contributed by atoms with Gasteiger partial charge in [-0.25, -0.2) is 0 Å². The van der Waals surface area contributed by atoms with Crippen molar-refractivity contribution in [2.24, 2.45) is 0 Å². The lowest BCUT2D eigenvalue weighted by molar-refractivity contribution is 0.438. The Balaban J connectivity index is 2.10. The fraction of sp³-hybridized carbons (Fsp3) is 0.294. The van der Waals surface area contributed by atoms with E-state index in [9.17, 15) is 5.11 Å². The highest BCUT2D eigenvalue weighted by Gasteiger charge is 2.14. The number of phenols is 1. The summed E-state index contributed by atoms with van der Waals surface area (Å²) in [5, 5.41) is 14.3. The average molecular weight is 290 g/mol. The van der Waals surface area contributed by atoms with Gasteiger partial charge in [0.05, 0.1) is 0 Å². The summed E-state index contributed by atoms with van der Waals surface area (Å²) in [4.78, 5) is 0. The maximum absolute atomic E-state index is 10.0. The van der Waals surface area contributed by atoms with Crippen LogP contribution >= 0.6 is 11.6 Å². The number of phenolic OH excluding ortho intramolecular Hbond substituents is 1. The zero-order valence-corrected chi connectivity index (χ0v) is 12.8.